The van der Waals surface area contributed by atoms with Crippen LogP contribution in [0, 0.1) is 0 Å². The number of amides is 2. The number of aromatic nitrogens is 2. The average Bonchev–Trinajstić information content (AvgIpc) is 2.95. The van der Waals surface area contributed by atoms with Crippen LogP contribution in [0.1, 0.15) is 26.2 Å². The van der Waals surface area contributed by atoms with Crippen molar-refractivity contribution in [3.63, 3.8) is 0 Å². The van der Waals surface area contributed by atoms with Crippen molar-refractivity contribution >= 4 is 22.6 Å². The standard InChI is InChI=1S/C17H23N5O/c1-12-4-2-3-7-22(12)15-10-21(11-15)17(23)19-14-5-6-16-13(8-14)9-18-20-16/h5-6,8-9,12,15H,2-4,7,10-11H2,1H3,(H,18,20)(H,19,23)/t12-/m1/s1. The van der Waals surface area contributed by atoms with E-state index in [1.807, 2.05) is 23.1 Å². The maximum absolute atomic E-state index is 12.4. The number of carbonyl (C=O) groups is 1. The second-order valence-corrected chi connectivity index (χ2v) is 6.74. The molecule has 0 spiro atoms. The van der Waals surface area contributed by atoms with Crippen LogP contribution in [0.5, 0.6) is 0 Å². The van der Waals surface area contributed by atoms with Crippen molar-refractivity contribution in [2.45, 2.75) is 38.3 Å². The van der Waals surface area contributed by atoms with Gasteiger partial charge in [0.25, 0.3) is 0 Å². The van der Waals surface area contributed by atoms with Gasteiger partial charge in [0.2, 0.25) is 0 Å². The summed E-state index contributed by atoms with van der Waals surface area (Å²) in [4.78, 5) is 16.8. The molecule has 2 aromatic rings. The summed E-state index contributed by atoms with van der Waals surface area (Å²) in [5.74, 6) is 0. The molecule has 0 aliphatic carbocycles. The number of anilines is 1. The van der Waals surface area contributed by atoms with Gasteiger partial charge in [-0.15, -0.1) is 0 Å². The number of benzene rings is 1. The molecule has 3 heterocycles. The van der Waals surface area contributed by atoms with E-state index in [1.54, 1.807) is 6.20 Å². The number of rotatable bonds is 2. The molecule has 6 nitrogen and oxygen atoms in total. The first-order valence-electron chi connectivity index (χ1n) is 8.45. The first kappa shape index (κ1) is 14.5. The summed E-state index contributed by atoms with van der Waals surface area (Å²) >= 11 is 0. The van der Waals surface area contributed by atoms with E-state index in [0.29, 0.717) is 12.1 Å². The maximum atomic E-state index is 12.4. The fourth-order valence-electron chi connectivity index (χ4n) is 3.72. The van der Waals surface area contributed by atoms with Crippen LogP contribution in [-0.2, 0) is 0 Å². The Kier molecular flexibility index (Phi) is 3.69. The first-order chi connectivity index (χ1) is 11.2. The monoisotopic (exact) mass is 313 g/mol. The van der Waals surface area contributed by atoms with Crippen molar-refractivity contribution in [2.75, 3.05) is 25.0 Å². The highest BCUT2D eigenvalue weighted by atomic mass is 16.2. The third kappa shape index (κ3) is 2.79. The molecule has 2 fully saturated rings. The third-order valence-corrected chi connectivity index (χ3v) is 5.16. The first-order valence-corrected chi connectivity index (χ1v) is 8.45. The number of aromatic amines is 1. The summed E-state index contributed by atoms with van der Waals surface area (Å²) < 4.78 is 0. The number of nitrogens with one attached hydrogen (secondary N) is 2. The third-order valence-electron chi connectivity index (χ3n) is 5.16. The molecule has 2 saturated heterocycles. The van der Waals surface area contributed by atoms with Crippen molar-refractivity contribution in [2.24, 2.45) is 0 Å². The van der Waals surface area contributed by atoms with Gasteiger partial charge in [-0.2, -0.15) is 5.10 Å². The molecule has 4 rings (SSSR count). The van der Waals surface area contributed by atoms with Gasteiger partial charge in [0.15, 0.2) is 0 Å². The van der Waals surface area contributed by atoms with Gasteiger partial charge in [-0.3, -0.25) is 10.00 Å². The van der Waals surface area contributed by atoms with Gasteiger partial charge in [-0.25, -0.2) is 4.79 Å². The van der Waals surface area contributed by atoms with Gasteiger partial charge >= 0.3 is 6.03 Å². The molecule has 1 aromatic heterocycles. The number of likely N-dealkylation sites (tertiary alicyclic amines) is 2. The lowest BCUT2D eigenvalue weighted by atomic mass is 9.98. The average molecular weight is 313 g/mol. The highest BCUT2D eigenvalue weighted by molar-refractivity contribution is 5.93. The Morgan fingerprint density at radius 2 is 2.22 bits per heavy atom. The minimum Gasteiger partial charge on any atom is -0.321 e. The number of H-pyrrole nitrogens is 1. The van der Waals surface area contributed by atoms with Gasteiger partial charge in [-0.05, 0) is 44.5 Å². The molecule has 0 saturated carbocycles. The Morgan fingerprint density at radius 3 is 3.04 bits per heavy atom. The van der Waals surface area contributed by atoms with Crippen molar-refractivity contribution in [1.29, 1.82) is 0 Å². The summed E-state index contributed by atoms with van der Waals surface area (Å²) in [6.07, 6.45) is 5.68. The van der Waals surface area contributed by atoms with E-state index in [1.165, 1.54) is 25.8 Å². The number of urea groups is 1. The zero-order valence-electron chi connectivity index (χ0n) is 13.5. The zero-order chi connectivity index (χ0) is 15.8. The number of hydrogen-bond donors (Lipinski definition) is 2. The van der Waals surface area contributed by atoms with Crippen LogP contribution in [0.25, 0.3) is 10.9 Å². The smallest absolute Gasteiger partial charge is 0.321 e. The number of fused-ring (bicyclic) bond motifs is 1. The molecule has 2 aliphatic rings. The predicted octanol–water partition coefficient (Wildman–Crippen LogP) is 2.65. The normalized spacial score (nSPS) is 23.0. The van der Waals surface area contributed by atoms with Crippen LogP contribution in [0.15, 0.2) is 24.4 Å². The van der Waals surface area contributed by atoms with Crippen LogP contribution < -0.4 is 5.32 Å². The fourth-order valence-corrected chi connectivity index (χ4v) is 3.72. The summed E-state index contributed by atoms with van der Waals surface area (Å²) in [5.41, 5.74) is 1.80. The Morgan fingerprint density at radius 1 is 1.35 bits per heavy atom. The van der Waals surface area contributed by atoms with Crippen LogP contribution in [0.4, 0.5) is 10.5 Å². The molecule has 0 bridgehead atoms. The van der Waals surface area contributed by atoms with Gasteiger partial charge in [0, 0.05) is 36.2 Å². The molecule has 2 amide bonds. The summed E-state index contributed by atoms with van der Waals surface area (Å²) in [5, 5.41) is 10.9. The molecule has 122 valence electrons. The van der Waals surface area contributed by atoms with Gasteiger partial charge in [-0.1, -0.05) is 6.42 Å². The van der Waals surface area contributed by atoms with Gasteiger partial charge in [0.1, 0.15) is 0 Å². The van der Waals surface area contributed by atoms with E-state index in [2.05, 4.69) is 27.3 Å². The number of hydrogen-bond acceptors (Lipinski definition) is 3. The minimum atomic E-state index is -0.00578. The molecule has 2 N–H and O–H groups in total. The molecule has 0 unspecified atom stereocenters. The Bertz CT molecular complexity index is 706. The highest BCUT2D eigenvalue weighted by Crippen LogP contribution is 2.25. The molecular formula is C17H23N5O. The van der Waals surface area contributed by atoms with Crippen LogP contribution in [0.3, 0.4) is 0 Å². The summed E-state index contributed by atoms with van der Waals surface area (Å²) in [6.45, 7) is 5.16. The highest BCUT2D eigenvalue weighted by Gasteiger charge is 2.37. The van der Waals surface area contributed by atoms with E-state index in [0.717, 1.165) is 29.7 Å². The van der Waals surface area contributed by atoms with Crippen LogP contribution >= 0.6 is 0 Å². The SMILES string of the molecule is C[C@@H]1CCCCN1C1CN(C(=O)Nc2ccc3[nH]ncc3c2)C1. The minimum absolute atomic E-state index is 0.00578. The van der Waals surface area contributed by atoms with Crippen LogP contribution in [0.2, 0.25) is 0 Å². The Hall–Kier alpha value is -2.08. The quantitative estimate of drug-likeness (QED) is 0.896. The molecule has 23 heavy (non-hydrogen) atoms. The topological polar surface area (TPSA) is 64.3 Å². The molecule has 6 heteroatoms. The fraction of sp³-hybridized carbons (Fsp3) is 0.529. The van der Waals surface area contributed by atoms with E-state index in [9.17, 15) is 4.79 Å². The zero-order valence-corrected chi connectivity index (χ0v) is 13.5. The lowest BCUT2D eigenvalue weighted by Crippen LogP contribution is -2.64. The Labute approximate surface area is 135 Å². The lowest BCUT2D eigenvalue weighted by molar-refractivity contribution is 0.0199. The van der Waals surface area contributed by atoms with E-state index in [4.69, 9.17) is 0 Å². The number of carbonyl (C=O) groups excluding carboxylic acids is 1. The van der Waals surface area contributed by atoms with Crippen molar-refractivity contribution in [3.8, 4) is 0 Å². The maximum Gasteiger partial charge on any atom is 0.321 e. The van der Waals surface area contributed by atoms with Crippen molar-refractivity contribution < 1.29 is 4.79 Å². The molecule has 0 radical (unpaired) electrons. The van der Waals surface area contributed by atoms with Gasteiger partial charge < -0.3 is 10.2 Å². The molecular weight excluding hydrogens is 290 g/mol. The predicted molar refractivity (Wildman–Crippen MR) is 90.5 cm³/mol. The molecule has 2 aliphatic heterocycles. The second-order valence-electron chi connectivity index (χ2n) is 6.74. The Balaban J connectivity index is 1.34. The molecule has 1 atom stereocenters. The van der Waals surface area contributed by atoms with Crippen molar-refractivity contribution in [1.82, 2.24) is 20.0 Å². The van der Waals surface area contributed by atoms with Crippen LogP contribution in [-0.4, -0.2) is 57.7 Å². The number of nitrogens with zero attached hydrogens (tertiary/aromatic N) is 3. The van der Waals surface area contributed by atoms with E-state index >= 15 is 0 Å². The number of piperidine rings is 1. The summed E-state index contributed by atoms with van der Waals surface area (Å²) in [6, 6.07) is 6.97. The second kappa shape index (κ2) is 5.85. The lowest BCUT2D eigenvalue weighted by Gasteiger charge is -2.49. The van der Waals surface area contributed by atoms with Crippen molar-refractivity contribution in [3.05, 3.63) is 24.4 Å². The largest absolute Gasteiger partial charge is 0.321 e. The van der Waals surface area contributed by atoms with E-state index < -0.39 is 0 Å². The molecule has 1 aromatic carbocycles. The van der Waals surface area contributed by atoms with E-state index in [-0.39, 0.29) is 6.03 Å². The summed E-state index contributed by atoms with van der Waals surface area (Å²) in [7, 11) is 0. The van der Waals surface area contributed by atoms with Gasteiger partial charge in [0.05, 0.1) is 11.7 Å².